The fourth-order valence-electron chi connectivity index (χ4n) is 2.03. The number of methoxy groups -OCH3 is 1. The van der Waals surface area contributed by atoms with E-state index in [1.807, 2.05) is 38.1 Å². The number of carbonyl (C=O) groups excluding carboxylic acids is 1. The number of hydrogen-bond acceptors (Lipinski definition) is 8. The second-order valence-electron chi connectivity index (χ2n) is 6.42. The van der Waals surface area contributed by atoms with Crippen molar-refractivity contribution < 1.29 is 9.53 Å². The van der Waals surface area contributed by atoms with E-state index in [9.17, 15) is 10.1 Å². The molecule has 1 aromatic heterocycles. The van der Waals surface area contributed by atoms with Crippen LogP contribution in [0, 0.1) is 17.2 Å². The van der Waals surface area contributed by atoms with Crippen molar-refractivity contribution in [1.82, 2.24) is 15.5 Å². The van der Waals surface area contributed by atoms with Crippen molar-refractivity contribution in [1.29, 1.82) is 5.26 Å². The van der Waals surface area contributed by atoms with Crippen LogP contribution in [-0.2, 0) is 4.79 Å². The van der Waals surface area contributed by atoms with Gasteiger partial charge in [-0.3, -0.25) is 4.79 Å². The van der Waals surface area contributed by atoms with Crippen LogP contribution in [0.2, 0.25) is 0 Å². The Balaban J connectivity index is 2.00. The van der Waals surface area contributed by atoms with Crippen LogP contribution in [-0.4, -0.2) is 34.0 Å². The Morgan fingerprint density at radius 1 is 1.33 bits per heavy atom. The zero-order valence-corrected chi connectivity index (χ0v) is 17.6. The first-order chi connectivity index (χ1) is 12.8. The summed E-state index contributed by atoms with van der Waals surface area (Å²) in [4.78, 5) is 12.4. The number of nitrogens with zero attached hydrogens (tertiary/aromatic N) is 3. The van der Waals surface area contributed by atoms with E-state index in [-0.39, 0.29) is 11.8 Å². The third kappa shape index (κ3) is 5.34. The van der Waals surface area contributed by atoms with Crippen molar-refractivity contribution in [3.8, 4) is 11.8 Å². The number of aromatic nitrogens is 2. The van der Waals surface area contributed by atoms with Crippen LogP contribution in [0.5, 0.6) is 5.75 Å². The van der Waals surface area contributed by atoms with E-state index in [4.69, 9.17) is 4.74 Å². The first-order valence-electron chi connectivity index (χ1n) is 8.42. The van der Waals surface area contributed by atoms with Gasteiger partial charge < -0.3 is 15.4 Å². The number of benzene rings is 1. The highest BCUT2D eigenvalue weighted by Gasteiger charge is 2.32. The number of para-hydroxylation sites is 2. The zero-order chi connectivity index (χ0) is 20.0. The van der Waals surface area contributed by atoms with E-state index in [2.05, 4.69) is 26.9 Å². The van der Waals surface area contributed by atoms with Crippen LogP contribution in [0.15, 0.2) is 28.6 Å². The predicted octanol–water partition coefficient (Wildman–Crippen LogP) is 3.83. The molecule has 1 amide bonds. The molecule has 0 saturated carbocycles. The number of nitrogens with one attached hydrogen (secondary N) is 2. The van der Waals surface area contributed by atoms with Gasteiger partial charge in [0.15, 0.2) is 4.34 Å². The van der Waals surface area contributed by atoms with Gasteiger partial charge in [0.1, 0.15) is 11.3 Å². The van der Waals surface area contributed by atoms with Gasteiger partial charge in [-0.2, -0.15) is 5.26 Å². The van der Waals surface area contributed by atoms with E-state index < -0.39 is 10.8 Å². The maximum Gasteiger partial charge on any atom is 0.234 e. The Kier molecular flexibility index (Phi) is 7.05. The number of hydrogen-bond donors (Lipinski definition) is 2. The summed E-state index contributed by atoms with van der Waals surface area (Å²) in [5.74, 6) is 0.508. The summed E-state index contributed by atoms with van der Waals surface area (Å²) in [6.45, 7) is 7.32. The van der Waals surface area contributed by atoms with Crippen molar-refractivity contribution in [2.75, 3.05) is 12.4 Å². The molecule has 1 heterocycles. The zero-order valence-electron chi connectivity index (χ0n) is 15.9. The Hall–Kier alpha value is -2.31. The first-order valence-corrected chi connectivity index (χ1v) is 10.1. The van der Waals surface area contributed by atoms with E-state index >= 15 is 0 Å². The number of nitriles is 1. The molecule has 2 N–H and O–H groups in total. The van der Waals surface area contributed by atoms with Crippen molar-refractivity contribution in [2.24, 2.45) is 5.92 Å². The predicted molar refractivity (Wildman–Crippen MR) is 109 cm³/mol. The summed E-state index contributed by atoms with van der Waals surface area (Å²) < 4.78 is 5.97. The fourth-order valence-corrected chi connectivity index (χ4v) is 3.94. The molecule has 2 atom stereocenters. The monoisotopic (exact) mass is 405 g/mol. The molecule has 2 aromatic rings. The molecule has 0 aliphatic rings. The second-order valence-corrected chi connectivity index (χ2v) is 8.98. The van der Waals surface area contributed by atoms with Gasteiger partial charge in [0.25, 0.3) is 0 Å². The second kappa shape index (κ2) is 9.06. The van der Waals surface area contributed by atoms with Gasteiger partial charge in [-0.15, -0.1) is 10.2 Å². The van der Waals surface area contributed by atoms with Crippen LogP contribution >= 0.6 is 23.1 Å². The van der Waals surface area contributed by atoms with Crippen molar-refractivity contribution in [3.63, 3.8) is 0 Å². The van der Waals surface area contributed by atoms with E-state index in [0.29, 0.717) is 15.2 Å². The molecule has 9 heteroatoms. The molecule has 0 aliphatic carbocycles. The highest BCUT2D eigenvalue weighted by Crippen LogP contribution is 2.33. The molecule has 0 fully saturated rings. The van der Waals surface area contributed by atoms with Crippen molar-refractivity contribution in [3.05, 3.63) is 24.3 Å². The Bertz CT molecular complexity index is 833. The van der Waals surface area contributed by atoms with Gasteiger partial charge in [-0.05, 0) is 31.9 Å². The number of carbonyl (C=O) groups is 1. The molecule has 7 nitrogen and oxygen atoms in total. The van der Waals surface area contributed by atoms with Crippen LogP contribution in [0.1, 0.15) is 27.7 Å². The lowest BCUT2D eigenvalue weighted by molar-refractivity contribution is -0.121. The molecule has 1 aromatic carbocycles. The molecule has 0 radical (unpaired) electrons. The van der Waals surface area contributed by atoms with Crippen LogP contribution in [0.4, 0.5) is 10.8 Å². The van der Waals surface area contributed by atoms with Crippen molar-refractivity contribution >= 4 is 39.8 Å². The van der Waals surface area contributed by atoms with Gasteiger partial charge in [-0.25, -0.2) is 0 Å². The summed E-state index contributed by atoms with van der Waals surface area (Å²) in [5, 5.41) is 23.8. The lowest BCUT2D eigenvalue weighted by Gasteiger charge is -2.28. The van der Waals surface area contributed by atoms with Gasteiger partial charge in [0, 0.05) is 0 Å². The molecule has 144 valence electrons. The summed E-state index contributed by atoms with van der Waals surface area (Å²) in [5.41, 5.74) is -0.107. The molecular weight excluding hydrogens is 382 g/mol. The number of rotatable bonds is 8. The minimum Gasteiger partial charge on any atom is -0.495 e. The Morgan fingerprint density at radius 2 is 2.04 bits per heavy atom. The maximum atomic E-state index is 12.4. The molecular formula is C18H23N5O2S2. The number of anilines is 2. The average molecular weight is 406 g/mol. The molecule has 0 unspecified atom stereocenters. The van der Waals surface area contributed by atoms with E-state index in [1.54, 1.807) is 21.0 Å². The van der Waals surface area contributed by atoms with Crippen molar-refractivity contribution in [2.45, 2.75) is 42.8 Å². The minimum absolute atomic E-state index is 0.00170. The minimum atomic E-state index is -0.899. The standard InChI is InChI=1S/C18H23N5O2S2/c1-11(2)18(4,10-19)21-15(24)12(3)26-17-23-22-16(27-17)20-13-8-6-7-9-14(13)25-5/h6-9,11-12H,1-5H3,(H,20,22)(H,21,24)/t12-,18-/m1/s1. The average Bonchev–Trinajstić information content (AvgIpc) is 3.08. The fraction of sp³-hybridized carbons (Fsp3) is 0.444. The van der Waals surface area contributed by atoms with Gasteiger partial charge >= 0.3 is 0 Å². The molecule has 0 saturated heterocycles. The summed E-state index contributed by atoms with van der Waals surface area (Å²) in [7, 11) is 1.61. The number of thioether (sulfide) groups is 1. The lowest BCUT2D eigenvalue weighted by Crippen LogP contribution is -2.51. The third-order valence-electron chi connectivity index (χ3n) is 4.17. The third-order valence-corrected chi connectivity index (χ3v) is 6.19. The molecule has 0 aliphatic heterocycles. The summed E-state index contributed by atoms with van der Waals surface area (Å²) in [6.07, 6.45) is 0. The quantitative estimate of drug-likeness (QED) is 0.644. The number of amides is 1. The summed E-state index contributed by atoms with van der Waals surface area (Å²) >= 11 is 2.66. The highest BCUT2D eigenvalue weighted by atomic mass is 32.2. The first kappa shape index (κ1) is 21.0. The smallest absolute Gasteiger partial charge is 0.234 e. The largest absolute Gasteiger partial charge is 0.495 e. The van der Waals surface area contributed by atoms with E-state index in [1.165, 1.54) is 23.1 Å². The van der Waals surface area contributed by atoms with Crippen LogP contribution in [0.3, 0.4) is 0 Å². The van der Waals surface area contributed by atoms with Crippen LogP contribution in [0.25, 0.3) is 0 Å². The Morgan fingerprint density at radius 3 is 2.67 bits per heavy atom. The molecule has 27 heavy (non-hydrogen) atoms. The van der Waals surface area contributed by atoms with E-state index in [0.717, 1.165) is 5.69 Å². The Labute approximate surface area is 167 Å². The SMILES string of the molecule is COc1ccccc1Nc1nnc(S[C@H](C)C(=O)N[C@](C)(C#N)C(C)C)s1. The normalized spacial score (nSPS) is 14.1. The van der Waals surface area contributed by atoms with Gasteiger partial charge in [-0.1, -0.05) is 49.1 Å². The molecule has 0 spiro atoms. The molecule has 2 rings (SSSR count). The topological polar surface area (TPSA) is 99.9 Å². The van der Waals surface area contributed by atoms with Gasteiger partial charge in [0.05, 0.1) is 24.1 Å². The summed E-state index contributed by atoms with van der Waals surface area (Å²) in [6, 6.07) is 9.71. The lowest BCUT2D eigenvalue weighted by atomic mass is 9.90. The highest BCUT2D eigenvalue weighted by molar-refractivity contribution is 8.02. The maximum absolute atomic E-state index is 12.4. The van der Waals surface area contributed by atoms with Gasteiger partial charge in [0.2, 0.25) is 11.0 Å². The molecule has 0 bridgehead atoms. The van der Waals surface area contributed by atoms with Crippen LogP contribution < -0.4 is 15.4 Å². The number of ether oxygens (including phenoxy) is 1.